The fourth-order valence-corrected chi connectivity index (χ4v) is 2.23. The first-order valence-corrected chi connectivity index (χ1v) is 6.69. The second kappa shape index (κ2) is 6.45. The Morgan fingerprint density at radius 3 is 2.71 bits per heavy atom. The Morgan fingerprint density at radius 1 is 1.29 bits per heavy atom. The van der Waals surface area contributed by atoms with Crippen molar-refractivity contribution in [2.24, 2.45) is 5.73 Å². The summed E-state index contributed by atoms with van der Waals surface area (Å²) >= 11 is 0. The number of aromatic nitrogens is 1. The summed E-state index contributed by atoms with van der Waals surface area (Å²) in [5.41, 5.74) is 8.56. The van der Waals surface area contributed by atoms with E-state index in [9.17, 15) is 4.39 Å². The lowest BCUT2D eigenvalue weighted by atomic mass is 10.1. The van der Waals surface area contributed by atoms with Gasteiger partial charge in [0.1, 0.15) is 11.7 Å². The summed E-state index contributed by atoms with van der Waals surface area (Å²) in [6.07, 6.45) is 0. The van der Waals surface area contributed by atoms with Crippen molar-refractivity contribution < 1.29 is 4.39 Å². The molecule has 0 aliphatic rings. The summed E-state index contributed by atoms with van der Waals surface area (Å²) in [5.74, 6) is -0.501. The van der Waals surface area contributed by atoms with Gasteiger partial charge in [-0.2, -0.15) is 0 Å². The topological polar surface area (TPSA) is 66.0 Å². The van der Waals surface area contributed by atoms with Crippen molar-refractivity contribution in [3.8, 4) is 0 Å². The van der Waals surface area contributed by atoms with E-state index in [0.717, 1.165) is 17.0 Å². The van der Waals surface area contributed by atoms with E-state index in [4.69, 9.17) is 11.1 Å². The molecule has 0 fully saturated rings. The molecule has 1 aromatic heterocycles. The van der Waals surface area contributed by atoms with Crippen molar-refractivity contribution in [2.75, 3.05) is 7.05 Å². The molecule has 0 bridgehead atoms. The molecule has 2 rings (SSSR count). The number of pyridine rings is 1. The monoisotopic (exact) mass is 286 g/mol. The van der Waals surface area contributed by atoms with Gasteiger partial charge in [0.05, 0.1) is 5.69 Å². The number of nitrogen functional groups attached to an aromatic ring is 1. The molecule has 21 heavy (non-hydrogen) atoms. The highest BCUT2D eigenvalue weighted by Gasteiger charge is 2.07. The van der Waals surface area contributed by atoms with Gasteiger partial charge in [0.2, 0.25) is 0 Å². The molecule has 1 aromatic carbocycles. The molecule has 0 radical (unpaired) electrons. The maximum absolute atomic E-state index is 13.5. The minimum Gasteiger partial charge on any atom is -0.384 e. The lowest BCUT2D eigenvalue weighted by molar-refractivity contribution is 0.314. The minimum atomic E-state index is -0.375. The van der Waals surface area contributed by atoms with E-state index in [1.807, 2.05) is 37.1 Å². The van der Waals surface area contributed by atoms with Gasteiger partial charge in [-0.1, -0.05) is 6.07 Å². The Labute approximate surface area is 123 Å². The van der Waals surface area contributed by atoms with Gasteiger partial charge < -0.3 is 5.73 Å². The maximum atomic E-state index is 13.5. The smallest absolute Gasteiger partial charge is 0.124 e. The van der Waals surface area contributed by atoms with E-state index in [1.54, 1.807) is 6.07 Å². The molecule has 4 nitrogen and oxygen atoms in total. The van der Waals surface area contributed by atoms with Crippen LogP contribution >= 0.6 is 0 Å². The molecule has 0 unspecified atom stereocenters. The summed E-state index contributed by atoms with van der Waals surface area (Å²) in [6, 6.07) is 10.4. The Kier molecular flexibility index (Phi) is 4.65. The molecule has 0 amide bonds. The van der Waals surface area contributed by atoms with Crippen LogP contribution in [0.3, 0.4) is 0 Å². The molecule has 0 saturated carbocycles. The van der Waals surface area contributed by atoms with E-state index in [0.29, 0.717) is 18.7 Å². The van der Waals surface area contributed by atoms with Crippen molar-refractivity contribution in [1.29, 1.82) is 5.41 Å². The SMILES string of the molecule is Cc1cccc(CN(C)Cc2cc(F)cc(C(=N)N)c2)n1. The van der Waals surface area contributed by atoms with E-state index in [2.05, 4.69) is 4.98 Å². The van der Waals surface area contributed by atoms with Crippen molar-refractivity contribution in [2.45, 2.75) is 20.0 Å². The molecule has 110 valence electrons. The van der Waals surface area contributed by atoms with E-state index in [1.165, 1.54) is 12.1 Å². The van der Waals surface area contributed by atoms with Gasteiger partial charge in [-0.3, -0.25) is 15.3 Å². The molecule has 0 aliphatic heterocycles. The van der Waals surface area contributed by atoms with Gasteiger partial charge in [0, 0.05) is 24.3 Å². The van der Waals surface area contributed by atoms with E-state index < -0.39 is 0 Å². The lowest BCUT2D eigenvalue weighted by Crippen LogP contribution is -2.19. The molecule has 2 aromatic rings. The van der Waals surface area contributed by atoms with E-state index >= 15 is 0 Å². The summed E-state index contributed by atoms with van der Waals surface area (Å²) in [6.45, 7) is 3.19. The zero-order valence-electron chi connectivity index (χ0n) is 12.2. The average Bonchev–Trinajstić information content (AvgIpc) is 2.37. The second-order valence-corrected chi connectivity index (χ2v) is 5.20. The van der Waals surface area contributed by atoms with Crippen molar-refractivity contribution in [1.82, 2.24) is 9.88 Å². The van der Waals surface area contributed by atoms with Crippen LogP contribution in [0.15, 0.2) is 36.4 Å². The van der Waals surface area contributed by atoms with Gasteiger partial charge in [0.15, 0.2) is 0 Å². The predicted molar refractivity (Wildman–Crippen MR) is 81.6 cm³/mol. The molecule has 0 saturated heterocycles. The molecule has 1 heterocycles. The summed E-state index contributed by atoms with van der Waals surface area (Å²) in [4.78, 5) is 6.49. The highest BCUT2D eigenvalue weighted by molar-refractivity contribution is 5.95. The van der Waals surface area contributed by atoms with Crippen molar-refractivity contribution in [3.05, 3.63) is 64.7 Å². The van der Waals surface area contributed by atoms with Crippen LogP contribution < -0.4 is 5.73 Å². The third kappa shape index (κ3) is 4.36. The van der Waals surface area contributed by atoms with Gasteiger partial charge in [-0.25, -0.2) is 4.39 Å². The normalized spacial score (nSPS) is 10.9. The largest absolute Gasteiger partial charge is 0.384 e. The fraction of sp³-hybridized carbons (Fsp3) is 0.250. The summed E-state index contributed by atoms with van der Waals surface area (Å²) < 4.78 is 13.5. The zero-order valence-corrected chi connectivity index (χ0v) is 12.2. The first kappa shape index (κ1) is 15.1. The number of hydrogen-bond acceptors (Lipinski definition) is 3. The predicted octanol–water partition coefficient (Wildman–Crippen LogP) is 2.45. The van der Waals surface area contributed by atoms with Crippen LogP contribution in [0.1, 0.15) is 22.5 Å². The van der Waals surface area contributed by atoms with Crippen LogP contribution in [-0.4, -0.2) is 22.8 Å². The first-order valence-electron chi connectivity index (χ1n) is 6.69. The Bertz CT molecular complexity index is 654. The molecule has 5 heteroatoms. The summed E-state index contributed by atoms with van der Waals surface area (Å²) in [7, 11) is 1.95. The highest BCUT2D eigenvalue weighted by atomic mass is 19.1. The zero-order chi connectivity index (χ0) is 15.4. The van der Waals surface area contributed by atoms with Gasteiger partial charge in [-0.05, 0) is 49.9 Å². The Balaban J connectivity index is 2.09. The van der Waals surface area contributed by atoms with Crippen LogP contribution in [0.2, 0.25) is 0 Å². The maximum Gasteiger partial charge on any atom is 0.124 e. The summed E-state index contributed by atoms with van der Waals surface area (Å²) in [5, 5.41) is 7.40. The molecule has 0 spiro atoms. The fourth-order valence-electron chi connectivity index (χ4n) is 2.23. The van der Waals surface area contributed by atoms with Gasteiger partial charge in [0.25, 0.3) is 0 Å². The van der Waals surface area contributed by atoms with Gasteiger partial charge >= 0.3 is 0 Å². The number of nitrogens with one attached hydrogen (secondary N) is 1. The van der Waals surface area contributed by atoms with Crippen LogP contribution in [0.5, 0.6) is 0 Å². The number of nitrogens with two attached hydrogens (primary N) is 1. The van der Waals surface area contributed by atoms with E-state index in [-0.39, 0.29) is 11.7 Å². The third-order valence-electron chi connectivity index (χ3n) is 3.10. The molecular weight excluding hydrogens is 267 g/mol. The Hall–Kier alpha value is -2.27. The number of halogens is 1. The van der Waals surface area contributed by atoms with Crippen molar-refractivity contribution in [3.63, 3.8) is 0 Å². The Morgan fingerprint density at radius 2 is 2.05 bits per heavy atom. The molecule has 3 N–H and O–H groups in total. The average molecular weight is 286 g/mol. The molecule has 0 atom stereocenters. The lowest BCUT2D eigenvalue weighted by Gasteiger charge is -2.17. The first-order chi connectivity index (χ1) is 9.94. The van der Waals surface area contributed by atoms with Crippen LogP contribution in [0, 0.1) is 18.2 Å². The quantitative estimate of drug-likeness (QED) is 0.655. The molecule has 0 aliphatic carbocycles. The number of benzene rings is 1. The number of hydrogen-bond donors (Lipinski definition) is 2. The second-order valence-electron chi connectivity index (χ2n) is 5.20. The standard InChI is InChI=1S/C16H19FN4/c1-11-4-3-5-15(20-11)10-21(2)9-12-6-13(16(18)19)8-14(17)7-12/h3-8H,9-10H2,1-2H3,(H3,18,19). The van der Waals surface area contributed by atoms with Crippen LogP contribution in [-0.2, 0) is 13.1 Å². The van der Waals surface area contributed by atoms with Crippen LogP contribution in [0.25, 0.3) is 0 Å². The third-order valence-corrected chi connectivity index (χ3v) is 3.10. The number of amidine groups is 1. The van der Waals surface area contributed by atoms with Crippen molar-refractivity contribution >= 4 is 5.84 Å². The molecular formula is C16H19FN4. The van der Waals surface area contributed by atoms with Gasteiger partial charge in [-0.15, -0.1) is 0 Å². The highest BCUT2D eigenvalue weighted by Crippen LogP contribution is 2.12. The number of rotatable bonds is 5. The minimum absolute atomic E-state index is 0.126. The van der Waals surface area contributed by atoms with Crippen LogP contribution in [0.4, 0.5) is 4.39 Å². The number of aryl methyl sites for hydroxylation is 1. The number of nitrogens with zero attached hydrogens (tertiary/aromatic N) is 2.